The Balaban J connectivity index is 1.52. The van der Waals surface area contributed by atoms with Crippen molar-refractivity contribution in [2.24, 2.45) is 0 Å². The van der Waals surface area contributed by atoms with Crippen LogP contribution in [0.1, 0.15) is 50.7 Å². The summed E-state index contributed by atoms with van der Waals surface area (Å²) >= 11 is 0. The molecule has 0 saturated heterocycles. The van der Waals surface area contributed by atoms with E-state index in [-0.39, 0.29) is 39.3 Å². The van der Waals surface area contributed by atoms with Gasteiger partial charge in [0.05, 0.1) is 37.6 Å². The molecule has 4 atom stereocenters. The third-order valence-corrected chi connectivity index (χ3v) is 7.91. The number of allylic oxidation sites excluding steroid dienone is 4. The van der Waals surface area contributed by atoms with Gasteiger partial charge in [-0.15, -0.1) is 0 Å². The molecule has 224 valence electrons. The van der Waals surface area contributed by atoms with Crippen molar-refractivity contribution in [3.05, 3.63) is 108 Å². The second-order valence-corrected chi connectivity index (χ2v) is 11.6. The molecule has 2 aliphatic rings. The molecule has 2 aliphatic carbocycles. The Hall–Kier alpha value is -3.17. The quantitative estimate of drug-likeness (QED) is 0.264. The maximum Gasteiger partial charge on any atom is 0.195 e. The molecule has 2 aromatic carbocycles. The molecular formula is C35H42O7. The third-order valence-electron chi connectivity index (χ3n) is 7.91. The highest BCUT2D eigenvalue weighted by Gasteiger charge is 2.51. The molecule has 0 aliphatic heterocycles. The molecule has 4 N–H and O–H groups in total. The van der Waals surface area contributed by atoms with Gasteiger partial charge in [-0.2, -0.15) is 0 Å². The minimum absolute atomic E-state index is 0.0263. The maximum atomic E-state index is 13.8. The molecule has 4 rings (SSSR count). The summed E-state index contributed by atoms with van der Waals surface area (Å²) in [5.74, 6) is -0.758. The van der Waals surface area contributed by atoms with Gasteiger partial charge in [0.1, 0.15) is 11.2 Å². The highest BCUT2D eigenvalue weighted by atomic mass is 16.5. The van der Waals surface area contributed by atoms with Crippen molar-refractivity contribution in [2.75, 3.05) is 26.4 Å². The highest BCUT2D eigenvalue weighted by molar-refractivity contribution is 5.94. The van der Waals surface area contributed by atoms with E-state index < -0.39 is 28.2 Å². The van der Waals surface area contributed by atoms with E-state index in [4.69, 9.17) is 9.47 Å². The first-order valence-corrected chi connectivity index (χ1v) is 14.4. The van der Waals surface area contributed by atoms with Gasteiger partial charge in [0.25, 0.3) is 0 Å². The van der Waals surface area contributed by atoms with Crippen molar-refractivity contribution >= 4 is 16.9 Å². The van der Waals surface area contributed by atoms with Crippen LogP contribution in [0.3, 0.4) is 0 Å². The van der Waals surface area contributed by atoms with Crippen molar-refractivity contribution in [1.29, 1.82) is 0 Å². The lowest BCUT2D eigenvalue weighted by molar-refractivity contribution is -0.167. The average molecular weight is 575 g/mol. The minimum Gasteiger partial charge on any atom is -0.394 e. The largest absolute Gasteiger partial charge is 0.394 e. The standard InChI is InChI=1S/C35H42O7/c1-32(39,25-34(41-23-21-36)17-13-29(14-18-34)27-9-5-3-6-10-27)31(38)33(2,40)26-35(42-24-22-37)19-15-30(16-20-35)28-11-7-4-8-12-28/h3-17,19,36-37,39-40H,18,20-26H2,1-2H3. The fraction of sp³-hybridized carbons (Fsp3) is 0.400. The molecule has 7 heteroatoms. The van der Waals surface area contributed by atoms with Crippen molar-refractivity contribution < 1.29 is 34.7 Å². The van der Waals surface area contributed by atoms with Crippen LogP contribution in [0.4, 0.5) is 0 Å². The average Bonchev–Trinajstić information content (AvgIpc) is 3.00. The zero-order valence-corrected chi connectivity index (χ0v) is 24.4. The van der Waals surface area contributed by atoms with Crippen LogP contribution in [-0.4, -0.2) is 75.0 Å². The summed E-state index contributed by atoms with van der Waals surface area (Å²) in [6.45, 7) is 2.41. The zero-order chi connectivity index (χ0) is 30.3. The summed E-state index contributed by atoms with van der Waals surface area (Å²) in [5.41, 5.74) is -1.99. The first-order valence-electron chi connectivity index (χ1n) is 14.4. The number of carbonyl (C=O) groups excluding carboxylic acids is 1. The van der Waals surface area contributed by atoms with Crippen LogP contribution >= 0.6 is 0 Å². The van der Waals surface area contributed by atoms with Crippen LogP contribution in [0.2, 0.25) is 0 Å². The number of carbonyl (C=O) groups is 1. The van der Waals surface area contributed by atoms with Gasteiger partial charge in [0.15, 0.2) is 5.78 Å². The number of hydrogen-bond donors (Lipinski definition) is 4. The molecule has 0 aromatic heterocycles. The van der Waals surface area contributed by atoms with Crippen molar-refractivity contribution in [3.63, 3.8) is 0 Å². The van der Waals surface area contributed by atoms with Gasteiger partial charge in [-0.3, -0.25) is 4.79 Å². The Morgan fingerprint density at radius 2 is 1.10 bits per heavy atom. The fourth-order valence-electron chi connectivity index (χ4n) is 5.99. The van der Waals surface area contributed by atoms with Crippen LogP contribution in [-0.2, 0) is 14.3 Å². The van der Waals surface area contributed by atoms with Crippen LogP contribution in [0, 0.1) is 0 Å². The number of hydrogen-bond acceptors (Lipinski definition) is 7. The van der Waals surface area contributed by atoms with Gasteiger partial charge in [-0.1, -0.05) is 97.1 Å². The fourth-order valence-corrected chi connectivity index (χ4v) is 5.99. The zero-order valence-electron chi connectivity index (χ0n) is 24.4. The summed E-state index contributed by atoms with van der Waals surface area (Å²) in [5, 5.41) is 42.1. The third kappa shape index (κ3) is 7.61. The number of benzene rings is 2. The Kier molecular flexibility index (Phi) is 10.1. The van der Waals surface area contributed by atoms with Gasteiger partial charge < -0.3 is 29.9 Å². The number of ketones is 1. The predicted molar refractivity (Wildman–Crippen MR) is 163 cm³/mol. The lowest BCUT2D eigenvalue weighted by Gasteiger charge is -2.42. The van der Waals surface area contributed by atoms with Crippen molar-refractivity contribution in [1.82, 2.24) is 0 Å². The van der Waals surface area contributed by atoms with E-state index in [1.54, 1.807) is 0 Å². The topological polar surface area (TPSA) is 116 Å². The van der Waals surface area contributed by atoms with Crippen LogP contribution in [0.15, 0.2) is 97.1 Å². The van der Waals surface area contributed by atoms with Gasteiger partial charge in [0, 0.05) is 12.8 Å². The molecule has 2 aromatic rings. The number of rotatable bonds is 14. The normalized spacial score (nSPS) is 24.8. The highest BCUT2D eigenvalue weighted by Crippen LogP contribution is 2.40. The second-order valence-electron chi connectivity index (χ2n) is 11.6. The van der Waals surface area contributed by atoms with Gasteiger partial charge in [0.2, 0.25) is 0 Å². The number of aliphatic hydroxyl groups is 4. The lowest BCUT2D eigenvalue weighted by atomic mass is 9.72. The summed E-state index contributed by atoms with van der Waals surface area (Å²) in [7, 11) is 0. The number of Topliss-reactive ketones (excluding diaryl/α,β-unsaturated/α-hetero) is 1. The molecule has 0 saturated carbocycles. The summed E-state index contributed by atoms with van der Waals surface area (Å²) < 4.78 is 12.1. The Bertz CT molecular complexity index is 1220. The van der Waals surface area contributed by atoms with E-state index in [9.17, 15) is 25.2 Å². The van der Waals surface area contributed by atoms with E-state index in [1.165, 1.54) is 13.8 Å². The SMILES string of the molecule is CC(O)(CC1(OCCO)C=CC(c2ccccc2)=CC1)C(=O)C(C)(O)CC1(OCCO)C=CC(c2ccccc2)=CC1. The number of ether oxygens (including phenoxy) is 2. The summed E-state index contributed by atoms with van der Waals surface area (Å²) in [4.78, 5) is 13.8. The van der Waals surface area contributed by atoms with E-state index in [2.05, 4.69) is 0 Å². The molecule has 7 nitrogen and oxygen atoms in total. The Labute approximate surface area is 248 Å². The molecule has 4 unspecified atom stereocenters. The first-order chi connectivity index (χ1) is 20.0. The minimum atomic E-state index is -1.97. The lowest BCUT2D eigenvalue weighted by Crippen LogP contribution is -2.56. The van der Waals surface area contributed by atoms with E-state index in [0.29, 0.717) is 12.8 Å². The molecule has 0 spiro atoms. The monoisotopic (exact) mass is 574 g/mol. The summed E-state index contributed by atoms with van der Waals surface area (Å²) in [6, 6.07) is 19.7. The Morgan fingerprint density at radius 3 is 1.40 bits per heavy atom. The molecule has 42 heavy (non-hydrogen) atoms. The Morgan fingerprint density at radius 1 is 0.714 bits per heavy atom. The van der Waals surface area contributed by atoms with Gasteiger partial charge >= 0.3 is 0 Å². The van der Waals surface area contributed by atoms with E-state index in [1.807, 2.05) is 97.1 Å². The first kappa shape index (κ1) is 31.8. The van der Waals surface area contributed by atoms with Crippen LogP contribution in [0.25, 0.3) is 11.1 Å². The van der Waals surface area contributed by atoms with E-state index >= 15 is 0 Å². The smallest absolute Gasteiger partial charge is 0.195 e. The van der Waals surface area contributed by atoms with Gasteiger partial charge in [-0.05, 0) is 49.0 Å². The molecule has 0 bridgehead atoms. The van der Waals surface area contributed by atoms with Crippen LogP contribution < -0.4 is 0 Å². The van der Waals surface area contributed by atoms with Crippen molar-refractivity contribution in [3.8, 4) is 0 Å². The molecular weight excluding hydrogens is 532 g/mol. The number of aliphatic hydroxyl groups excluding tert-OH is 2. The van der Waals surface area contributed by atoms with Crippen LogP contribution in [0.5, 0.6) is 0 Å². The molecule has 0 amide bonds. The maximum absolute atomic E-state index is 13.8. The van der Waals surface area contributed by atoms with Crippen molar-refractivity contribution in [2.45, 2.75) is 61.9 Å². The molecule has 0 heterocycles. The predicted octanol–water partition coefficient (Wildman–Crippen LogP) is 4.42. The van der Waals surface area contributed by atoms with Gasteiger partial charge in [-0.25, -0.2) is 0 Å². The molecule has 0 fully saturated rings. The van der Waals surface area contributed by atoms with E-state index in [0.717, 1.165) is 22.3 Å². The summed E-state index contributed by atoms with van der Waals surface area (Å²) in [6.07, 6.45) is 11.9. The second kappa shape index (κ2) is 13.4. The molecule has 0 radical (unpaired) electrons.